The predicted molar refractivity (Wildman–Crippen MR) is 72.5 cm³/mol. The van der Waals surface area contributed by atoms with Gasteiger partial charge in [0.25, 0.3) is 10.0 Å². The van der Waals surface area contributed by atoms with Crippen molar-refractivity contribution in [3.05, 3.63) is 29.3 Å². The Bertz CT molecular complexity index is 530. The zero-order chi connectivity index (χ0) is 14.3. The lowest BCUT2D eigenvalue weighted by atomic mass is 10.3. The largest absolute Gasteiger partial charge is 0.382 e. The average molecular weight is 306 g/mol. The van der Waals surface area contributed by atoms with Gasteiger partial charge in [0, 0.05) is 24.7 Å². The lowest BCUT2D eigenvalue weighted by molar-refractivity contribution is -0.119. The van der Waals surface area contributed by atoms with Crippen molar-refractivity contribution in [2.24, 2.45) is 0 Å². The Morgan fingerprint density at radius 3 is 2.79 bits per heavy atom. The summed E-state index contributed by atoms with van der Waals surface area (Å²) in [6.45, 7) is 2.85. The number of nitrogens with one attached hydrogen (secondary N) is 1. The maximum absolute atomic E-state index is 11.9. The quantitative estimate of drug-likeness (QED) is 0.782. The number of hydrogen-bond acceptors (Lipinski definition) is 4. The molecule has 0 bridgehead atoms. The van der Waals surface area contributed by atoms with Crippen LogP contribution in [0.5, 0.6) is 0 Å². The zero-order valence-corrected chi connectivity index (χ0v) is 12.1. The first kappa shape index (κ1) is 15.9. The van der Waals surface area contributed by atoms with Gasteiger partial charge in [0.15, 0.2) is 0 Å². The summed E-state index contributed by atoms with van der Waals surface area (Å²) in [6.07, 6.45) is 0.574. The Morgan fingerprint density at radius 2 is 2.16 bits per heavy atom. The molecule has 1 rings (SSSR count). The molecule has 0 saturated heterocycles. The van der Waals surface area contributed by atoms with E-state index in [-0.39, 0.29) is 11.3 Å². The van der Waals surface area contributed by atoms with Crippen LogP contribution >= 0.6 is 11.6 Å². The predicted octanol–water partition coefficient (Wildman–Crippen LogP) is 1.96. The van der Waals surface area contributed by atoms with Gasteiger partial charge in [0.1, 0.15) is 0 Å². The molecule has 0 radical (unpaired) electrons. The minimum atomic E-state index is -3.85. The highest BCUT2D eigenvalue weighted by Crippen LogP contribution is 2.15. The van der Waals surface area contributed by atoms with E-state index < -0.39 is 15.9 Å². The molecule has 0 aliphatic rings. The van der Waals surface area contributed by atoms with Crippen molar-refractivity contribution in [3.8, 4) is 0 Å². The molecule has 1 amide bonds. The minimum absolute atomic E-state index is 0.0295. The van der Waals surface area contributed by atoms with E-state index >= 15 is 0 Å². The minimum Gasteiger partial charge on any atom is -0.382 e. The summed E-state index contributed by atoms with van der Waals surface area (Å²) in [5, 5.41) is 0.298. The SMILES string of the molecule is CCOCCCC(=O)NS(=O)(=O)c1cccc(Cl)c1. The summed E-state index contributed by atoms with van der Waals surface area (Å²) in [7, 11) is -3.85. The summed E-state index contributed by atoms with van der Waals surface area (Å²) < 4.78 is 30.8. The molecule has 0 heterocycles. The standard InChI is InChI=1S/C12H16ClNO4S/c1-2-18-8-4-7-12(15)14-19(16,17)11-6-3-5-10(13)9-11/h3,5-6,9H,2,4,7-8H2,1H3,(H,14,15). The van der Waals surface area contributed by atoms with Gasteiger partial charge in [-0.2, -0.15) is 0 Å². The molecule has 0 fully saturated rings. The van der Waals surface area contributed by atoms with Crippen LogP contribution in [0.1, 0.15) is 19.8 Å². The molecule has 5 nitrogen and oxygen atoms in total. The lowest BCUT2D eigenvalue weighted by Crippen LogP contribution is -2.30. The smallest absolute Gasteiger partial charge is 0.264 e. The van der Waals surface area contributed by atoms with Crippen LogP contribution in [0.15, 0.2) is 29.2 Å². The fourth-order valence-electron chi connectivity index (χ4n) is 1.37. The van der Waals surface area contributed by atoms with E-state index in [9.17, 15) is 13.2 Å². The molecule has 7 heteroatoms. The van der Waals surface area contributed by atoms with Gasteiger partial charge < -0.3 is 4.74 Å². The third-order valence-electron chi connectivity index (χ3n) is 2.25. The number of carbonyl (C=O) groups is 1. The van der Waals surface area contributed by atoms with E-state index in [0.717, 1.165) is 0 Å². The molecular weight excluding hydrogens is 290 g/mol. The third-order valence-corrected chi connectivity index (χ3v) is 3.86. The number of halogens is 1. The average Bonchev–Trinajstić information content (AvgIpc) is 2.34. The molecule has 0 spiro atoms. The Labute approximate surface area is 118 Å². The molecule has 1 N–H and O–H groups in total. The molecule has 19 heavy (non-hydrogen) atoms. The van der Waals surface area contributed by atoms with Gasteiger partial charge in [0.2, 0.25) is 5.91 Å². The van der Waals surface area contributed by atoms with Gasteiger partial charge in [-0.05, 0) is 31.5 Å². The fourth-order valence-corrected chi connectivity index (χ4v) is 2.69. The first-order valence-electron chi connectivity index (χ1n) is 5.84. The van der Waals surface area contributed by atoms with Gasteiger partial charge in [-0.25, -0.2) is 13.1 Å². The molecule has 0 saturated carbocycles. The van der Waals surface area contributed by atoms with Crippen molar-refractivity contribution in [1.29, 1.82) is 0 Å². The number of hydrogen-bond donors (Lipinski definition) is 1. The monoisotopic (exact) mass is 305 g/mol. The van der Waals surface area contributed by atoms with Crippen LogP contribution < -0.4 is 4.72 Å². The summed E-state index contributed by atoms with van der Waals surface area (Å²) in [4.78, 5) is 11.5. The van der Waals surface area contributed by atoms with Crippen LogP contribution in [-0.4, -0.2) is 27.5 Å². The Kier molecular flexibility index (Phi) is 6.27. The van der Waals surface area contributed by atoms with Gasteiger partial charge >= 0.3 is 0 Å². The van der Waals surface area contributed by atoms with Crippen molar-refractivity contribution in [3.63, 3.8) is 0 Å². The van der Waals surface area contributed by atoms with Crippen LogP contribution in [-0.2, 0) is 19.6 Å². The molecule has 1 aromatic carbocycles. The molecule has 0 atom stereocenters. The second-order valence-corrected chi connectivity index (χ2v) is 5.91. The van der Waals surface area contributed by atoms with Gasteiger partial charge in [-0.3, -0.25) is 4.79 Å². The maximum atomic E-state index is 11.9. The van der Waals surface area contributed by atoms with Gasteiger partial charge in [0.05, 0.1) is 4.90 Å². The van der Waals surface area contributed by atoms with Crippen LogP contribution in [0, 0.1) is 0 Å². The Balaban J connectivity index is 2.57. The molecule has 1 aromatic rings. The van der Waals surface area contributed by atoms with Crippen molar-refractivity contribution in [2.45, 2.75) is 24.7 Å². The molecule has 0 unspecified atom stereocenters. The van der Waals surface area contributed by atoms with Crippen molar-refractivity contribution in [2.75, 3.05) is 13.2 Å². The molecular formula is C12H16ClNO4S. The molecule has 0 aliphatic heterocycles. The normalized spacial score (nSPS) is 11.3. The zero-order valence-electron chi connectivity index (χ0n) is 10.6. The molecule has 0 aromatic heterocycles. The summed E-state index contributed by atoms with van der Waals surface area (Å²) in [5.74, 6) is -0.556. The molecule has 0 aliphatic carbocycles. The first-order valence-corrected chi connectivity index (χ1v) is 7.71. The van der Waals surface area contributed by atoms with Gasteiger partial charge in [-0.15, -0.1) is 0 Å². The molecule has 106 valence electrons. The Morgan fingerprint density at radius 1 is 1.42 bits per heavy atom. The topological polar surface area (TPSA) is 72.5 Å². The van der Waals surface area contributed by atoms with Crippen molar-refractivity contribution in [1.82, 2.24) is 4.72 Å². The second kappa shape index (κ2) is 7.47. The van der Waals surface area contributed by atoms with E-state index in [2.05, 4.69) is 0 Å². The van der Waals surface area contributed by atoms with Gasteiger partial charge in [-0.1, -0.05) is 17.7 Å². The van der Waals surface area contributed by atoms with E-state index in [1.807, 2.05) is 11.6 Å². The summed E-state index contributed by atoms with van der Waals surface area (Å²) >= 11 is 5.71. The number of amides is 1. The first-order chi connectivity index (χ1) is 8.95. The van der Waals surface area contributed by atoms with Crippen LogP contribution in [0.3, 0.4) is 0 Å². The summed E-state index contributed by atoms with van der Waals surface area (Å²) in [6, 6.07) is 5.74. The third kappa shape index (κ3) is 5.59. The number of ether oxygens (including phenoxy) is 1. The highest BCUT2D eigenvalue weighted by molar-refractivity contribution is 7.90. The van der Waals surface area contributed by atoms with E-state index in [1.165, 1.54) is 18.2 Å². The highest BCUT2D eigenvalue weighted by Gasteiger charge is 2.17. The van der Waals surface area contributed by atoms with Crippen LogP contribution in [0.25, 0.3) is 0 Å². The maximum Gasteiger partial charge on any atom is 0.264 e. The van der Waals surface area contributed by atoms with Crippen molar-refractivity contribution >= 4 is 27.5 Å². The van der Waals surface area contributed by atoms with Crippen LogP contribution in [0.2, 0.25) is 5.02 Å². The lowest BCUT2D eigenvalue weighted by Gasteiger charge is -2.07. The number of rotatable bonds is 7. The van der Waals surface area contributed by atoms with Crippen LogP contribution in [0.4, 0.5) is 0 Å². The summed E-state index contributed by atoms with van der Waals surface area (Å²) in [5.41, 5.74) is 0. The highest BCUT2D eigenvalue weighted by atomic mass is 35.5. The Hall–Kier alpha value is -1.11. The number of carbonyl (C=O) groups excluding carboxylic acids is 1. The van der Waals surface area contributed by atoms with E-state index in [4.69, 9.17) is 16.3 Å². The van der Waals surface area contributed by atoms with Crippen molar-refractivity contribution < 1.29 is 17.9 Å². The van der Waals surface area contributed by atoms with E-state index in [1.54, 1.807) is 6.07 Å². The second-order valence-electron chi connectivity index (χ2n) is 3.79. The van der Waals surface area contributed by atoms with E-state index in [0.29, 0.717) is 24.7 Å². The number of sulfonamides is 1. The number of benzene rings is 1. The fraction of sp³-hybridized carbons (Fsp3) is 0.417.